The number of hydrogen-bond donors (Lipinski definition) is 1. The number of rotatable bonds is 2. The molecule has 0 saturated carbocycles. The van der Waals surface area contributed by atoms with Crippen LogP contribution in [-0.4, -0.2) is 9.67 Å². The Balaban J connectivity index is 1.62. The smallest absolute Gasteiger partial charge is 0.271 e. The minimum absolute atomic E-state index is 0.0369. The Morgan fingerprint density at radius 2 is 1.77 bits per heavy atom. The summed E-state index contributed by atoms with van der Waals surface area (Å²) >= 11 is 9.20. The predicted molar refractivity (Wildman–Crippen MR) is 160 cm³/mol. The lowest BCUT2D eigenvalue weighted by atomic mass is 9.83. The van der Waals surface area contributed by atoms with Crippen LogP contribution in [0, 0.1) is 7.14 Å². The summed E-state index contributed by atoms with van der Waals surface area (Å²) in [7, 11) is 0. The number of fused-ring (bicyclic) bond motifs is 3. The van der Waals surface area contributed by atoms with Crippen molar-refractivity contribution >= 4 is 84.2 Å². The van der Waals surface area contributed by atoms with E-state index in [-0.39, 0.29) is 17.4 Å². The Kier molecular flexibility index (Phi) is 6.26. The van der Waals surface area contributed by atoms with Crippen LogP contribution in [-0.2, 0) is 6.42 Å². The van der Waals surface area contributed by atoms with E-state index in [0.717, 1.165) is 46.8 Å². The molecule has 174 valence electrons. The first-order chi connectivity index (χ1) is 16.9. The molecule has 2 heterocycles. The van der Waals surface area contributed by atoms with Crippen LogP contribution in [0.25, 0.3) is 11.8 Å². The maximum Gasteiger partial charge on any atom is 0.271 e. The lowest BCUT2D eigenvalue weighted by Crippen LogP contribution is -2.38. The molecule has 35 heavy (non-hydrogen) atoms. The highest BCUT2D eigenvalue weighted by atomic mass is 127. The summed E-state index contributed by atoms with van der Waals surface area (Å²) in [5.41, 5.74) is 6.59. The van der Waals surface area contributed by atoms with Gasteiger partial charge in [-0.25, -0.2) is 4.99 Å². The van der Waals surface area contributed by atoms with Crippen LogP contribution in [0.5, 0.6) is 5.75 Å². The van der Waals surface area contributed by atoms with Gasteiger partial charge < -0.3 is 5.11 Å². The van der Waals surface area contributed by atoms with Gasteiger partial charge in [-0.3, -0.25) is 9.36 Å². The molecular weight excluding hydrogens is 750 g/mol. The third kappa shape index (κ3) is 4.15. The number of benzene rings is 3. The van der Waals surface area contributed by atoms with Crippen molar-refractivity contribution in [3.8, 4) is 5.75 Å². The van der Waals surface area contributed by atoms with E-state index < -0.39 is 0 Å². The van der Waals surface area contributed by atoms with Gasteiger partial charge in [-0.05, 0) is 111 Å². The molecule has 1 aliphatic carbocycles. The number of hydrogen-bond acceptors (Lipinski definition) is 4. The predicted octanol–water partition coefficient (Wildman–Crippen LogP) is 6.00. The second kappa shape index (κ2) is 9.28. The van der Waals surface area contributed by atoms with E-state index in [1.807, 2.05) is 34.9 Å². The SMILES string of the molecule is O=c1/c(=C\c2cc(I)c(O)c(I)c2)sc2n1[C@@H](c1ccc(Br)cc1)C1=C(N=2)c2ccccc2CC1. The van der Waals surface area contributed by atoms with Crippen LogP contribution < -0.4 is 14.9 Å². The lowest BCUT2D eigenvalue weighted by Gasteiger charge is -2.30. The molecule has 4 aromatic rings. The van der Waals surface area contributed by atoms with Gasteiger partial charge in [-0.15, -0.1) is 0 Å². The molecule has 1 aromatic heterocycles. The number of phenols is 1. The summed E-state index contributed by atoms with van der Waals surface area (Å²) in [6.07, 6.45) is 3.71. The Morgan fingerprint density at radius 1 is 1.06 bits per heavy atom. The first-order valence-corrected chi connectivity index (χ1v) is 14.7. The van der Waals surface area contributed by atoms with Crippen LogP contribution in [0.1, 0.15) is 34.7 Å². The largest absolute Gasteiger partial charge is 0.506 e. The number of allylic oxidation sites excluding steroid dienone is 1. The van der Waals surface area contributed by atoms with Gasteiger partial charge in [0.25, 0.3) is 5.56 Å². The van der Waals surface area contributed by atoms with Gasteiger partial charge in [0, 0.05) is 10.0 Å². The molecule has 0 saturated heterocycles. The monoisotopic (exact) mass is 766 g/mol. The maximum atomic E-state index is 13.8. The van der Waals surface area contributed by atoms with E-state index in [1.54, 1.807) is 0 Å². The molecule has 0 amide bonds. The molecule has 0 fully saturated rings. The quantitative estimate of drug-likeness (QED) is 0.255. The van der Waals surface area contributed by atoms with Gasteiger partial charge in [-0.2, -0.15) is 0 Å². The van der Waals surface area contributed by atoms with Crippen molar-refractivity contribution in [1.82, 2.24) is 4.57 Å². The van der Waals surface area contributed by atoms with E-state index in [2.05, 4.69) is 97.5 Å². The summed E-state index contributed by atoms with van der Waals surface area (Å²) < 4.78 is 5.02. The molecule has 1 aliphatic heterocycles. The summed E-state index contributed by atoms with van der Waals surface area (Å²) in [6, 6.07) is 20.3. The van der Waals surface area contributed by atoms with E-state index in [4.69, 9.17) is 4.99 Å². The normalized spacial score (nSPS) is 17.0. The van der Waals surface area contributed by atoms with E-state index >= 15 is 0 Å². The van der Waals surface area contributed by atoms with E-state index in [9.17, 15) is 9.90 Å². The standard InChI is InChI=1S/C27H17BrI2N2O2S/c28-17-8-5-16(6-9-17)24-19-10-7-15-3-1-2-4-18(15)23(19)31-27-32(24)26(34)22(35-27)13-14-11-20(29)25(33)21(30)12-14/h1-6,8-9,11-13,24,33H,7,10H2/b22-13+/t24-/m0/s1. The third-order valence-corrected chi connectivity index (χ3v) is 9.55. The van der Waals surface area contributed by atoms with Gasteiger partial charge in [0.2, 0.25) is 0 Å². The number of thiazole rings is 1. The topological polar surface area (TPSA) is 54.6 Å². The summed E-state index contributed by atoms with van der Waals surface area (Å²) in [5, 5.41) is 10.1. The maximum absolute atomic E-state index is 13.8. The molecule has 0 unspecified atom stereocenters. The van der Waals surface area contributed by atoms with Gasteiger partial charge in [0.1, 0.15) is 5.75 Å². The van der Waals surface area contributed by atoms with Crippen LogP contribution >= 0.6 is 72.4 Å². The molecule has 0 radical (unpaired) electrons. The van der Waals surface area contributed by atoms with Crippen molar-refractivity contribution in [2.24, 2.45) is 4.99 Å². The van der Waals surface area contributed by atoms with Crippen molar-refractivity contribution in [3.05, 3.63) is 120 Å². The van der Waals surface area contributed by atoms with Gasteiger partial charge in [-0.1, -0.05) is 63.7 Å². The second-order valence-electron chi connectivity index (χ2n) is 8.50. The Hall–Kier alpha value is -1.76. The van der Waals surface area contributed by atoms with E-state index in [0.29, 0.717) is 9.33 Å². The number of aromatic hydroxyl groups is 1. The van der Waals surface area contributed by atoms with Crippen molar-refractivity contribution in [1.29, 1.82) is 0 Å². The zero-order valence-electron chi connectivity index (χ0n) is 18.1. The first kappa shape index (κ1) is 23.6. The van der Waals surface area contributed by atoms with Crippen molar-refractivity contribution in [2.45, 2.75) is 18.9 Å². The Morgan fingerprint density at radius 3 is 2.51 bits per heavy atom. The number of aromatic nitrogens is 1. The highest BCUT2D eigenvalue weighted by Gasteiger charge is 2.32. The summed E-state index contributed by atoms with van der Waals surface area (Å²) in [5.74, 6) is 0.270. The average molecular weight is 767 g/mol. The van der Waals surface area contributed by atoms with Crippen molar-refractivity contribution in [3.63, 3.8) is 0 Å². The van der Waals surface area contributed by atoms with Crippen LogP contribution in [0.2, 0.25) is 0 Å². The first-order valence-electron chi connectivity index (χ1n) is 11.0. The molecular formula is C27H17BrI2N2O2S. The number of halogens is 3. The van der Waals surface area contributed by atoms with Crippen LogP contribution in [0.15, 0.2) is 80.5 Å². The highest BCUT2D eigenvalue weighted by Crippen LogP contribution is 2.41. The fourth-order valence-corrected chi connectivity index (χ4v) is 7.87. The number of nitrogens with zero attached hydrogens (tertiary/aromatic N) is 2. The van der Waals surface area contributed by atoms with Crippen LogP contribution in [0.4, 0.5) is 0 Å². The molecule has 0 spiro atoms. The second-order valence-corrected chi connectivity index (χ2v) is 12.7. The van der Waals surface area contributed by atoms with E-state index in [1.165, 1.54) is 22.5 Å². The number of aryl methyl sites for hydroxylation is 1. The zero-order valence-corrected chi connectivity index (χ0v) is 24.9. The van der Waals surface area contributed by atoms with Crippen molar-refractivity contribution in [2.75, 3.05) is 0 Å². The molecule has 1 N–H and O–H groups in total. The molecule has 3 aromatic carbocycles. The molecule has 8 heteroatoms. The molecule has 4 nitrogen and oxygen atoms in total. The average Bonchev–Trinajstić information content (AvgIpc) is 3.16. The fourth-order valence-electron chi connectivity index (χ4n) is 4.79. The van der Waals surface area contributed by atoms with Gasteiger partial charge in [0.15, 0.2) is 4.80 Å². The minimum Gasteiger partial charge on any atom is -0.506 e. The minimum atomic E-state index is -0.190. The van der Waals surface area contributed by atoms with Crippen LogP contribution in [0.3, 0.4) is 0 Å². The zero-order chi connectivity index (χ0) is 24.3. The fraction of sp³-hybridized carbons (Fsp3) is 0.111. The Bertz CT molecular complexity index is 1700. The van der Waals surface area contributed by atoms with Gasteiger partial charge in [0.05, 0.1) is 23.4 Å². The number of phenolic OH excluding ortho intramolecular Hbond substituents is 1. The lowest BCUT2D eigenvalue weighted by molar-refractivity contribution is 0.467. The summed E-state index contributed by atoms with van der Waals surface area (Å²) in [6.45, 7) is 0. The summed E-state index contributed by atoms with van der Waals surface area (Å²) in [4.78, 5) is 19.6. The molecule has 2 aliphatic rings. The third-order valence-electron chi connectivity index (χ3n) is 6.40. The van der Waals surface area contributed by atoms with Gasteiger partial charge >= 0.3 is 0 Å². The molecule has 6 rings (SSSR count). The highest BCUT2D eigenvalue weighted by molar-refractivity contribution is 14.1. The molecule has 0 bridgehead atoms. The van der Waals surface area contributed by atoms with Crippen molar-refractivity contribution < 1.29 is 5.11 Å². The molecule has 1 atom stereocenters. The Labute approximate surface area is 241 Å².